The molecule has 0 radical (unpaired) electrons. The number of hydrogen-bond donors (Lipinski definition) is 1. The van der Waals surface area contributed by atoms with Gasteiger partial charge in [0.25, 0.3) is 11.7 Å². The predicted octanol–water partition coefficient (Wildman–Crippen LogP) is 3.72. The molecule has 162 valence electrons. The summed E-state index contributed by atoms with van der Waals surface area (Å²) in [4.78, 5) is 35.9. The number of ketones is 1. The van der Waals surface area contributed by atoms with Gasteiger partial charge in [0.15, 0.2) is 0 Å². The maximum Gasteiger partial charge on any atom is 0.295 e. The minimum Gasteiger partial charge on any atom is -0.507 e. The summed E-state index contributed by atoms with van der Waals surface area (Å²) in [6.07, 6.45) is 6.52. The number of amides is 1. The van der Waals surface area contributed by atoms with Crippen LogP contribution in [0, 0.1) is 13.8 Å². The molecule has 1 fully saturated rings. The summed E-state index contributed by atoms with van der Waals surface area (Å²) >= 11 is 0. The first-order chi connectivity index (χ1) is 15.4. The third kappa shape index (κ3) is 3.73. The Balaban J connectivity index is 1.89. The average molecular weight is 429 g/mol. The predicted molar refractivity (Wildman–Crippen MR) is 119 cm³/mol. The molecule has 0 aliphatic carbocycles. The lowest BCUT2D eigenvalue weighted by molar-refractivity contribution is -0.140. The Hall–Kier alpha value is -4.00. The van der Waals surface area contributed by atoms with Crippen molar-refractivity contribution in [2.45, 2.75) is 26.4 Å². The number of methoxy groups -OCH3 is 1. The Kier molecular flexibility index (Phi) is 5.73. The maximum absolute atomic E-state index is 13.2. The van der Waals surface area contributed by atoms with Crippen LogP contribution in [-0.4, -0.2) is 38.8 Å². The maximum atomic E-state index is 13.2. The number of likely N-dealkylation sites (tertiary alicyclic amines) is 1. The zero-order valence-electron chi connectivity index (χ0n) is 18.1. The van der Waals surface area contributed by atoms with E-state index in [9.17, 15) is 14.7 Å². The summed E-state index contributed by atoms with van der Waals surface area (Å²) in [5.41, 5.74) is 3.48. The number of hydrogen-bond acceptors (Lipinski definition) is 6. The monoisotopic (exact) mass is 429 g/mol. The topological polar surface area (TPSA) is 92.6 Å². The summed E-state index contributed by atoms with van der Waals surface area (Å²) in [6, 6.07) is 9.93. The van der Waals surface area contributed by atoms with Crippen LogP contribution in [0.15, 0.2) is 66.8 Å². The molecule has 1 amide bonds. The first kappa shape index (κ1) is 21.2. The van der Waals surface area contributed by atoms with E-state index in [1.807, 2.05) is 19.9 Å². The van der Waals surface area contributed by atoms with Crippen molar-refractivity contribution in [1.82, 2.24) is 14.9 Å². The van der Waals surface area contributed by atoms with Crippen LogP contribution in [0.1, 0.15) is 33.9 Å². The van der Waals surface area contributed by atoms with Crippen molar-refractivity contribution in [2.24, 2.45) is 0 Å². The van der Waals surface area contributed by atoms with Crippen molar-refractivity contribution >= 4 is 17.4 Å². The van der Waals surface area contributed by atoms with Crippen LogP contribution in [0.25, 0.3) is 5.76 Å². The Morgan fingerprint density at radius 2 is 1.78 bits per heavy atom. The number of Topliss-reactive ketones (excluding diaryl/α,β-unsaturated/α-hetero) is 1. The van der Waals surface area contributed by atoms with Crippen LogP contribution in [0.4, 0.5) is 0 Å². The fourth-order valence-corrected chi connectivity index (χ4v) is 4.03. The second-order valence-electron chi connectivity index (χ2n) is 7.71. The summed E-state index contributed by atoms with van der Waals surface area (Å²) in [6.45, 7) is 3.85. The van der Waals surface area contributed by atoms with Gasteiger partial charge >= 0.3 is 0 Å². The molecular formula is C25H23N3O4. The smallest absolute Gasteiger partial charge is 0.295 e. The van der Waals surface area contributed by atoms with Gasteiger partial charge < -0.3 is 14.7 Å². The molecule has 4 rings (SSSR count). The lowest BCUT2D eigenvalue weighted by atomic mass is 9.93. The summed E-state index contributed by atoms with van der Waals surface area (Å²) in [5, 5.41) is 11.3. The zero-order valence-corrected chi connectivity index (χ0v) is 18.1. The second-order valence-corrected chi connectivity index (χ2v) is 7.71. The number of pyridine rings is 2. The molecule has 0 saturated carbocycles. The van der Waals surface area contributed by atoms with Gasteiger partial charge in [0.05, 0.1) is 18.7 Å². The van der Waals surface area contributed by atoms with Gasteiger partial charge in [-0.2, -0.15) is 0 Å². The Morgan fingerprint density at radius 1 is 1.06 bits per heavy atom. The van der Waals surface area contributed by atoms with E-state index in [2.05, 4.69) is 9.97 Å². The fraction of sp³-hybridized carbons (Fsp3) is 0.200. The fourth-order valence-electron chi connectivity index (χ4n) is 4.03. The molecule has 7 heteroatoms. The molecular weight excluding hydrogens is 406 g/mol. The molecule has 3 aromatic rings. The molecule has 1 aromatic carbocycles. The number of carbonyl (C=O) groups excluding carboxylic acids is 2. The first-order valence-electron chi connectivity index (χ1n) is 10.1. The molecule has 0 bridgehead atoms. The SMILES string of the molecule is COc1cc(C)c(/C(O)=C2\C(=O)C(=O)N(Cc3cccnc3)C2c2cccnc2)cc1C. The Bertz CT molecular complexity index is 1210. The summed E-state index contributed by atoms with van der Waals surface area (Å²) in [5.74, 6) is -0.936. The third-order valence-corrected chi connectivity index (χ3v) is 5.61. The molecule has 1 N–H and O–H groups in total. The molecule has 1 aliphatic rings. The highest BCUT2D eigenvalue weighted by atomic mass is 16.5. The number of carbonyl (C=O) groups is 2. The minimum absolute atomic E-state index is 0.0413. The number of aromatic nitrogens is 2. The van der Waals surface area contributed by atoms with Gasteiger partial charge in [-0.05, 0) is 60.4 Å². The molecule has 0 spiro atoms. The van der Waals surface area contributed by atoms with E-state index >= 15 is 0 Å². The molecule has 3 heterocycles. The number of nitrogens with zero attached hydrogens (tertiary/aromatic N) is 3. The Labute approximate surface area is 186 Å². The van der Waals surface area contributed by atoms with Crippen LogP contribution >= 0.6 is 0 Å². The van der Waals surface area contributed by atoms with Crippen LogP contribution < -0.4 is 4.74 Å². The highest BCUT2D eigenvalue weighted by molar-refractivity contribution is 6.46. The van der Waals surface area contributed by atoms with E-state index < -0.39 is 17.7 Å². The number of aryl methyl sites for hydroxylation is 2. The highest BCUT2D eigenvalue weighted by Crippen LogP contribution is 2.41. The Morgan fingerprint density at radius 3 is 2.41 bits per heavy atom. The van der Waals surface area contributed by atoms with Gasteiger partial charge in [-0.3, -0.25) is 19.6 Å². The number of benzene rings is 1. The average Bonchev–Trinajstić information content (AvgIpc) is 3.06. The molecule has 1 saturated heterocycles. The molecule has 2 aromatic heterocycles. The molecule has 1 atom stereocenters. The van der Waals surface area contributed by atoms with Crippen molar-refractivity contribution in [3.63, 3.8) is 0 Å². The summed E-state index contributed by atoms with van der Waals surface area (Å²) in [7, 11) is 1.58. The summed E-state index contributed by atoms with van der Waals surface area (Å²) < 4.78 is 5.36. The van der Waals surface area contributed by atoms with Crippen molar-refractivity contribution in [3.8, 4) is 5.75 Å². The van der Waals surface area contributed by atoms with E-state index in [0.29, 0.717) is 16.9 Å². The largest absolute Gasteiger partial charge is 0.507 e. The number of aliphatic hydroxyl groups excluding tert-OH is 1. The lowest BCUT2D eigenvalue weighted by Gasteiger charge is -2.25. The van der Waals surface area contributed by atoms with E-state index in [-0.39, 0.29) is 17.9 Å². The number of ether oxygens (including phenoxy) is 1. The van der Waals surface area contributed by atoms with Gasteiger partial charge in [-0.25, -0.2) is 0 Å². The van der Waals surface area contributed by atoms with Crippen LogP contribution in [0.5, 0.6) is 5.75 Å². The van der Waals surface area contributed by atoms with Crippen LogP contribution in [-0.2, 0) is 16.1 Å². The van der Waals surface area contributed by atoms with Crippen LogP contribution in [0.2, 0.25) is 0 Å². The molecule has 1 unspecified atom stereocenters. The molecule has 1 aliphatic heterocycles. The number of rotatable bonds is 5. The van der Waals surface area contributed by atoms with Gasteiger partial charge in [0, 0.05) is 36.9 Å². The molecule has 32 heavy (non-hydrogen) atoms. The standard InChI is InChI=1S/C25H23N3O4/c1-15-11-20(32-3)16(2)10-19(15)23(29)21-22(18-7-5-9-27-13-18)28(25(31)24(21)30)14-17-6-4-8-26-12-17/h4-13,22,29H,14H2,1-3H3/b23-21+. The van der Waals surface area contributed by atoms with E-state index in [1.165, 1.54) is 4.90 Å². The van der Waals surface area contributed by atoms with Crippen molar-refractivity contribution in [1.29, 1.82) is 0 Å². The third-order valence-electron chi connectivity index (χ3n) is 5.61. The van der Waals surface area contributed by atoms with Gasteiger partial charge in [-0.1, -0.05) is 12.1 Å². The number of aliphatic hydroxyl groups is 1. The van der Waals surface area contributed by atoms with Gasteiger partial charge in [-0.15, -0.1) is 0 Å². The van der Waals surface area contributed by atoms with Crippen molar-refractivity contribution in [3.05, 3.63) is 94.6 Å². The normalized spacial score (nSPS) is 17.6. The minimum atomic E-state index is -0.772. The van der Waals surface area contributed by atoms with Crippen molar-refractivity contribution in [2.75, 3.05) is 7.11 Å². The second kappa shape index (κ2) is 8.63. The van der Waals surface area contributed by atoms with Crippen molar-refractivity contribution < 1.29 is 19.4 Å². The van der Waals surface area contributed by atoms with E-state index in [0.717, 1.165) is 16.7 Å². The molecule has 7 nitrogen and oxygen atoms in total. The first-order valence-corrected chi connectivity index (χ1v) is 10.1. The lowest BCUT2D eigenvalue weighted by Crippen LogP contribution is -2.29. The quantitative estimate of drug-likeness (QED) is 0.378. The van der Waals surface area contributed by atoms with Crippen LogP contribution in [0.3, 0.4) is 0 Å². The van der Waals surface area contributed by atoms with Gasteiger partial charge in [0.2, 0.25) is 0 Å². The van der Waals surface area contributed by atoms with Gasteiger partial charge in [0.1, 0.15) is 11.5 Å². The van der Waals surface area contributed by atoms with E-state index in [1.54, 1.807) is 62.2 Å². The highest BCUT2D eigenvalue weighted by Gasteiger charge is 2.46. The van der Waals surface area contributed by atoms with E-state index in [4.69, 9.17) is 4.74 Å². The zero-order chi connectivity index (χ0) is 22.8.